The van der Waals surface area contributed by atoms with Crippen LogP contribution in [0.3, 0.4) is 0 Å². The number of nitrogens with zero attached hydrogens (tertiary/aromatic N) is 4. The number of hydrogen-bond acceptors (Lipinski definition) is 5. The van der Waals surface area contributed by atoms with Crippen molar-refractivity contribution in [2.24, 2.45) is 0 Å². The van der Waals surface area contributed by atoms with E-state index in [-0.39, 0.29) is 29.6 Å². The molecule has 3 aromatic rings. The molecule has 7 nitrogen and oxygen atoms in total. The lowest BCUT2D eigenvalue weighted by Gasteiger charge is -2.39. The predicted molar refractivity (Wildman–Crippen MR) is 152 cm³/mol. The summed E-state index contributed by atoms with van der Waals surface area (Å²) in [7, 11) is 0. The third kappa shape index (κ3) is 7.00. The number of likely N-dealkylation sites (tertiary alicyclic amines) is 1. The zero-order valence-corrected chi connectivity index (χ0v) is 23.2. The molecule has 39 heavy (non-hydrogen) atoms. The van der Waals surface area contributed by atoms with Crippen LogP contribution in [-0.4, -0.2) is 57.8 Å². The van der Waals surface area contributed by atoms with Crippen molar-refractivity contribution in [1.29, 1.82) is 0 Å². The lowest BCUT2D eigenvalue weighted by molar-refractivity contribution is 0.0643. The first-order valence-corrected chi connectivity index (χ1v) is 13.6. The molecular formula is C31H38FN5O2. The molecule has 2 aromatic carbocycles. The number of anilines is 1. The SMILES string of the molecule is CC(C)N(C(=O)c1ccc(N(NC(=O)c2ccccc2F)C2CCN(Cc3cccnc3)CC2)cc1)C(C)C. The Morgan fingerprint density at radius 2 is 1.64 bits per heavy atom. The molecule has 0 spiro atoms. The highest BCUT2D eigenvalue weighted by molar-refractivity contribution is 5.96. The minimum atomic E-state index is -0.565. The minimum absolute atomic E-state index is 0.00665. The maximum atomic E-state index is 14.4. The summed E-state index contributed by atoms with van der Waals surface area (Å²) in [4.78, 5) is 34.8. The normalized spacial score (nSPS) is 14.4. The third-order valence-electron chi connectivity index (χ3n) is 7.13. The number of aromatic nitrogens is 1. The van der Waals surface area contributed by atoms with E-state index in [4.69, 9.17) is 0 Å². The van der Waals surface area contributed by atoms with Crippen molar-refractivity contribution >= 4 is 17.5 Å². The van der Waals surface area contributed by atoms with Gasteiger partial charge in [0, 0.05) is 49.7 Å². The number of pyridine rings is 1. The van der Waals surface area contributed by atoms with E-state index in [9.17, 15) is 14.0 Å². The summed E-state index contributed by atoms with van der Waals surface area (Å²) in [6.45, 7) is 10.5. The van der Waals surface area contributed by atoms with Crippen LogP contribution in [0.1, 0.15) is 66.8 Å². The largest absolute Gasteiger partial charge is 0.334 e. The highest BCUT2D eigenvalue weighted by Crippen LogP contribution is 2.25. The third-order valence-corrected chi connectivity index (χ3v) is 7.13. The first kappa shape index (κ1) is 28.2. The Hall–Kier alpha value is -3.78. The Labute approximate surface area is 230 Å². The molecule has 1 aliphatic rings. The lowest BCUT2D eigenvalue weighted by atomic mass is 10.0. The number of benzene rings is 2. The molecule has 1 fully saturated rings. The number of halogens is 1. The lowest BCUT2D eigenvalue weighted by Crippen LogP contribution is -2.53. The van der Waals surface area contributed by atoms with E-state index < -0.39 is 11.7 Å². The van der Waals surface area contributed by atoms with Crippen molar-refractivity contribution in [1.82, 2.24) is 20.2 Å². The van der Waals surface area contributed by atoms with Gasteiger partial charge in [-0.05, 0) is 88.6 Å². The van der Waals surface area contributed by atoms with Crippen LogP contribution in [0.15, 0.2) is 73.1 Å². The van der Waals surface area contributed by atoms with Gasteiger partial charge in [0.2, 0.25) is 0 Å². The standard InChI is InChI=1S/C31H38FN5O2/c1-22(2)36(23(3)4)31(39)25-11-13-26(14-12-25)37(34-30(38)28-9-5-6-10-29(28)32)27-15-18-35(19-16-27)21-24-8-7-17-33-20-24/h5-14,17,20,22-23,27H,15-16,18-19,21H2,1-4H3,(H,34,38). The molecular weight excluding hydrogens is 493 g/mol. The number of hydrazine groups is 1. The van der Waals surface area contributed by atoms with Gasteiger partial charge in [-0.1, -0.05) is 18.2 Å². The van der Waals surface area contributed by atoms with Crippen LogP contribution in [0.5, 0.6) is 0 Å². The second-order valence-electron chi connectivity index (χ2n) is 10.6. The summed E-state index contributed by atoms with van der Waals surface area (Å²) in [6.07, 6.45) is 5.28. The van der Waals surface area contributed by atoms with Crippen LogP contribution in [0.2, 0.25) is 0 Å². The van der Waals surface area contributed by atoms with Crippen molar-refractivity contribution in [3.8, 4) is 0 Å². The molecule has 0 radical (unpaired) electrons. The van der Waals surface area contributed by atoms with Gasteiger partial charge >= 0.3 is 0 Å². The Balaban J connectivity index is 1.54. The van der Waals surface area contributed by atoms with Gasteiger partial charge in [0.05, 0.1) is 17.3 Å². The molecule has 8 heteroatoms. The van der Waals surface area contributed by atoms with Gasteiger partial charge in [-0.3, -0.25) is 29.9 Å². The van der Waals surface area contributed by atoms with Crippen LogP contribution in [0.4, 0.5) is 10.1 Å². The van der Waals surface area contributed by atoms with Crippen LogP contribution in [0.25, 0.3) is 0 Å². The van der Waals surface area contributed by atoms with Crippen LogP contribution < -0.4 is 10.4 Å². The molecule has 0 unspecified atom stereocenters. The molecule has 1 N–H and O–H groups in total. The molecule has 1 saturated heterocycles. The van der Waals surface area contributed by atoms with Gasteiger partial charge in [0.15, 0.2) is 0 Å². The average Bonchev–Trinajstić information content (AvgIpc) is 2.93. The minimum Gasteiger partial charge on any atom is -0.334 e. The Morgan fingerprint density at radius 1 is 0.974 bits per heavy atom. The second kappa shape index (κ2) is 12.8. The maximum Gasteiger partial charge on any atom is 0.272 e. The summed E-state index contributed by atoms with van der Waals surface area (Å²) in [5.41, 5.74) is 5.46. The number of hydrogen-bond donors (Lipinski definition) is 1. The number of nitrogens with one attached hydrogen (secondary N) is 1. The average molecular weight is 532 g/mol. The number of carbonyl (C=O) groups excluding carboxylic acids is 2. The molecule has 2 amide bonds. The van der Waals surface area contributed by atoms with Crippen LogP contribution >= 0.6 is 0 Å². The zero-order chi connectivity index (χ0) is 27.9. The first-order chi connectivity index (χ1) is 18.7. The van der Waals surface area contributed by atoms with Gasteiger partial charge < -0.3 is 4.90 Å². The van der Waals surface area contributed by atoms with Crippen LogP contribution in [-0.2, 0) is 6.54 Å². The fraction of sp³-hybridized carbons (Fsp3) is 0.387. The summed E-state index contributed by atoms with van der Waals surface area (Å²) in [5, 5.41) is 1.84. The predicted octanol–water partition coefficient (Wildman–Crippen LogP) is 5.30. The quantitative estimate of drug-likeness (QED) is 0.380. The summed E-state index contributed by atoms with van der Waals surface area (Å²) >= 11 is 0. The van der Waals surface area contributed by atoms with Crippen molar-refractivity contribution in [2.45, 2.75) is 65.2 Å². The van der Waals surface area contributed by atoms with E-state index in [0.717, 1.165) is 43.7 Å². The molecule has 0 aliphatic carbocycles. The fourth-order valence-corrected chi connectivity index (χ4v) is 5.25. The topological polar surface area (TPSA) is 68.8 Å². The monoisotopic (exact) mass is 531 g/mol. The zero-order valence-electron chi connectivity index (χ0n) is 23.2. The Morgan fingerprint density at radius 3 is 2.23 bits per heavy atom. The number of piperidine rings is 1. The van der Waals surface area contributed by atoms with Crippen LogP contribution in [0, 0.1) is 5.82 Å². The van der Waals surface area contributed by atoms with E-state index in [1.165, 1.54) is 12.1 Å². The summed E-state index contributed by atoms with van der Waals surface area (Å²) in [6, 6.07) is 17.5. The van der Waals surface area contributed by atoms with Gasteiger partial charge in [0.1, 0.15) is 5.82 Å². The Kier molecular flexibility index (Phi) is 9.30. The van der Waals surface area contributed by atoms with E-state index in [1.54, 1.807) is 30.5 Å². The van der Waals surface area contributed by atoms with Crippen molar-refractivity contribution < 1.29 is 14.0 Å². The van der Waals surface area contributed by atoms with Gasteiger partial charge in [-0.15, -0.1) is 0 Å². The number of carbonyl (C=O) groups is 2. The number of amides is 2. The molecule has 0 bridgehead atoms. The highest BCUT2D eigenvalue weighted by atomic mass is 19.1. The molecule has 4 rings (SSSR count). The molecule has 0 saturated carbocycles. The molecule has 206 valence electrons. The van der Waals surface area contributed by atoms with E-state index in [1.807, 2.05) is 62.0 Å². The van der Waals surface area contributed by atoms with E-state index in [2.05, 4.69) is 21.4 Å². The van der Waals surface area contributed by atoms with Crippen molar-refractivity contribution in [2.75, 3.05) is 18.1 Å². The highest BCUT2D eigenvalue weighted by Gasteiger charge is 2.28. The van der Waals surface area contributed by atoms with Crippen molar-refractivity contribution in [3.05, 3.63) is 95.6 Å². The van der Waals surface area contributed by atoms with Gasteiger partial charge in [0.25, 0.3) is 11.8 Å². The molecule has 0 atom stereocenters. The second-order valence-corrected chi connectivity index (χ2v) is 10.6. The number of rotatable bonds is 9. The smallest absolute Gasteiger partial charge is 0.272 e. The molecule has 2 heterocycles. The van der Waals surface area contributed by atoms with Crippen molar-refractivity contribution in [3.63, 3.8) is 0 Å². The van der Waals surface area contributed by atoms with E-state index in [0.29, 0.717) is 5.56 Å². The Bertz CT molecular complexity index is 1230. The van der Waals surface area contributed by atoms with Gasteiger partial charge in [-0.25, -0.2) is 4.39 Å². The molecule has 1 aliphatic heterocycles. The van der Waals surface area contributed by atoms with Gasteiger partial charge in [-0.2, -0.15) is 0 Å². The van der Waals surface area contributed by atoms with E-state index >= 15 is 0 Å². The maximum absolute atomic E-state index is 14.4. The summed E-state index contributed by atoms with van der Waals surface area (Å²) in [5.74, 6) is -1.10. The fourth-order valence-electron chi connectivity index (χ4n) is 5.25. The molecule has 1 aromatic heterocycles. The first-order valence-electron chi connectivity index (χ1n) is 13.6. The summed E-state index contributed by atoms with van der Waals surface area (Å²) < 4.78 is 14.4.